The molecule has 0 radical (unpaired) electrons. The van der Waals surface area contributed by atoms with Crippen molar-refractivity contribution in [2.75, 3.05) is 31.6 Å². The predicted molar refractivity (Wildman–Crippen MR) is 109 cm³/mol. The smallest absolute Gasteiger partial charge is 0.191 e. The average Bonchev–Trinajstić information content (AvgIpc) is 3.33. The molecule has 2 heterocycles. The molecule has 1 unspecified atom stereocenters. The lowest BCUT2D eigenvalue weighted by Crippen LogP contribution is -2.44. The normalized spacial score (nSPS) is 17.5. The summed E-state index contributed by atoms with van der Waals surface area (Å²) in [7, 11) is 1.83. The van der Waals surface area contributed by atoms with E-state index in [0.717, 1.165) is 55.9 Å². The van der Waals surface area contributed by atoms with Crippen LogP contribution < -0.4 is 15.5 Å². The lowest BCUT2D eigenvalue weighted by atomic mass is 10.2. The van der Waals surface area contributed by atoms with E-state index < -0.39 is 0 Å². The Balaban J connectivity index is 1.38. The zero-order valence-electron chi connectivity index (χ0n) is 15.1. The molecule has 0 bridgehead atoms. The minimum absolute atomic E-state index is 0.408. The van der Waals surface area contributed by atoms with E-state index in [2.05, 4.69) is 70.9 Å². The van der Waals surface area contributed by atoms with Crippen LogP contribution in [0.1, 0.15) is 19.3 Å². The van der Waals surface area contributed by atoms with Crippen LogP contribution >= 0.6 is 15.9 Å². The molecule has 0 saturated carbocycles. The molecule has 0 aliphatic carbocycles. The van der Waals surface area contributed by atoms with E-state index in [1.165, 1.54) is 5.69 Å². The van der Waals surface area contributed by atoms with Crippen molar-refractivity contribution in [2.24, 2.45) is 4.99 Å². The molecule has 2 aromatic rings. The summed E-state index contributed by atoms with van der Waals surface area (Å²) in [6.07, 6.45) is 6.78. The Morgan fingerprint density at radius 1 is 1.27 bits per heavy atom. The number of aromatic nitrogens is 3. The molecule has 1 atom stereocenters. The van der Waals surface area contributed by atoms with Crippen molar-refractivity contribution in [2.45, 2.75) is 31.8 Å². The van der Waals surface area contributed by atoms with E-state index >= 15 is 0 Å². The summed E-state index contributed by atoms with van der Waals surface area (Å²) in [5.74, 6) is 0.883. The number of rotatable bonds is 7. The lowest BCUT2D eigenvalue weighted by molar-refractivity contribution is 0.590. The standard InChI is InChI=1S/C18H26BrN7/c1-20-18(21-9-4-5-10-25-13-22-23-14-25)24-15-8-11-26(12-15)17-7-3-2-6-16(17)19/h2-3,6-7,13-15H,4-5,8-12H2,1H3,(H2,20,21,24). The van der Waals surface area contributed by atoms with Crippen LogP contribution in [0.4, 0.5) is 5.69 Å². The van der Waals surface area contributed by atoms with E-state index in [-0.39, 0.29) is 0 Å². The van der Waals surface area contributed by atoms with Crippen molar-refractivity contribution < 1.29 is 0 Å². The molecule has 1 aliphatic rings. The Bertz CT molecular complexity index is 701. The average molecular weight is 420 g/mol. The summed E-state index contributed by atoms with van der Waals surface area (Å²) in [5, 5.41) is 14.6. The maximum Gasteiger partial charge on any atom is 0.191 e. The molecule has 2 N–H and O–H groups in total. The first kappa shape index (κ1) is 18.7. The molecule has 0 spiro atoms. The largest absolute Gasteiger partial charge is 0.368 e. The van der Waals surface area contributed by atoms with Crippen LogP contribution in [0.3, 0.4) is 0 Å². The van der Waals surface area contributed by atoms with Crippen LogP contribution in [0, 0.1) is 0 Å². The van der Waals surface area contributed by atoms with Gasteiger partial charge in [-0.25, -0.2) is 0 Å². The number of aliphatic imine (C=N–C) groups is 1. The van der Waals surface area contributed by atoms with Crippen LogP contribution in [-0.2, 0) is 6.54 Å². The molecular weight excluding hydrogens is 394 g/mol. The third-order valence-corrected chi connectivity index (χ3v) is 5.22. The van der Waals surface area contributed by atoms with Gasteiger partial charge in [-0.15, -0.1) is 10.2 Å². The third-order valence-electron chi connectivity index (χ3n) is 4.55. The van der Waals surface area contributed by atoms with Crippen molar-refractivity contribution >= 4 is 27.6 Å². The highest BCUT2D eigenvalue weighted by molar-refractivity contribution is 9.10. The van der Waals surface area contributed by atoms with Crippen molar-refractivity contribution in [1.82, 2.24) is 25.4 Å². The topological polar surface area (TPSA) is 70.4 Å². The van der Waals surface area contributed by atoms with Crippen molar-refractivity contribution in [3.05, 3.63) is 41.4 Å². The minimum atomic E-state index is 0.408. The summed E-state index contributed by atoms with van der Waals surface area (Å²) < 4.78 is 3.15. The van der Waals surface area contributed by atoms with Gasteiger partial charge in [-0.2, -0.15) is 0 Å². The molecule has 140 valence electrons. The second-order valence-corrected chi connectivity index (χ2v) is 7.29. The van der Waals surface area contributed by atoms with E-state index in [0.29, 0.717) is 6.04 Å². The molecule has 26 heavy (non-hydrogen) atoms. The van der Waals surface area contributed by atoms with Gasteiger partial charge in [0.1, 0.15) is 12.7 Å². The number of benzene rings is 1. The zero-order valence-corrected chi connectivity index (χ0v) is 16.7. The first-order chi connectivity index (χ1) is 12.8. The van der Waals surface area contributed by atoms with Crippen LogP contribution in [0.5, 0.6) is 0 Å². The van der Waals surface area contributed by atoms with E-state index in [4.69, 9.17) is 0 Å². The van der Waals surface area contributed by atoms with Crippen molar-refractivity contribution in [3.8, 4) is 0 Å². The molecule has 1 fully saturated rings. The van der Waals surface area contributed by atoms with E-state index in [9.17, 15) is 0 Å². The van der Waals surface area contributed by atoms with Crippen LogP contribution in [0.2, 0.25) is 0 Å². The number of para-hydroxylation sites is 1. The molecule has 1 aliphatic heterocycles. The third kappa shape index (κ3) is 5.20. The molecule has 0 amide bonds. The Morgan fingerprint density at radius 3 is 2.85 bits per heavy atom. The minimum Gasteiger partial charge on any atom is -0.368 e. The van der Waals surface area contributed by atoms with Gasteiger partial charge in [0.2, 0.25) is 0 Å². The molecule has 1 aromatic heterocycles. The number of nitrogens with zero attached hydrogens (tertiary/aromatic N) is 5. The van der Waals surface area contributed by atoms with Gasteiger partial charge in [0.25, 0.3) is 0 Å². The molecule has 7 nitrogen and oxygen atoms in total. The van der Waals surface area contributed by atoms with Crippen molar-refractivity contribution in [1.29, 1.82) is 0 Å². The highest BCUT2D eigenvalue weighted by Crippen LogP contribution is 2.28. The number of aryl methyl sites for hydroxylation is 1. The van der Waals surface area contributed by atoms with Crippen LogP contribution in [-0.4, -0.2) is 53.4 Å². The van der Waals surface area contributed by atoms with Gasteiger partial charge in [0.05, 0.1) is 5.69 Å². The Kier molecular flexibility index (Phi) is 6.88. The van der Waals surface area contributed by atoms with Crippen LogP contribution in [0.15, 0.2) is 46.4 Å². The number of unbranched alkanes of at least 4 members (excludes halogenated alkanes) is 1. The lowest BCUT2D eigenvalue weighted by Gasteiger charge is -2.21. The summed E-state index contributed by atoms with van der Waals surface area (Å²) in [6, 6.07) is 8.80. The molecular formula is C18H26BrN7. The molecule has 8 heteroatoms. The summed E-state index contributed by atoms with van der Waals surface area (Å²) >= 11 is 3.65. The highest BCUT2D eigenvalue weighted by atomic mass is 79.9. The maximum absolute atomic E-state index is 4.36. The molecule has 1 aromatic carbocycles. The van der Waals surface area contributed by atoms with Crippen LogP contribution in [0.25, 0.3) is 0 Å². The van der Waals surface area contributed by atoms with Gasteiger partial charge >= 0.3 is 0 Å². The second kappa shape index (κ2) is 9.56. The first-order valence-corrected chi connectivity index (χ1v) is 9.84. The van der Waals surface area contributed by atoms with Gasteiger partial charge in [0.15, 0.2) is 5.96 Å². The fraction of sp³-hybridized carbons (Fsp3) is 0.500. The monoisotopic (exact) mass is 419 g/mol. The zero-order chi connectivity index (χ0) is 18.2. The number of anilines is 1. The highest BCUT2D eigenvalue weighted by Gasteiger charge is 2.24. The van der Waals surface area contributed by atoms with Gasteiger partial charge < -0.3 is 20.1 Å². The second-order valence-electron chi connectivity index (χ2n) is 6.43. The first-order valence-electron chi connectivity index (χ1n) is 9.05. The number of hydrogen-bond donors (Lipinski definition) is 2. The SMILES string of the molecule is CN=C(NCCCCn1cnnc1)NC1CCN(c2ccccc2Br)C1. The maximum atomic E-state index is 4.36. The fourth-order valence-corrected chi connectivity index (χ4v) is 3.69. The Morgan fingerprint density at radius 2 is 2.08 bits per heavy atom. The summed E-state index contributed by atoms with van der Waals surface area (Å²) in [6.45, 7) is 3.89. The number of nitrogens with one attached hydrogen (secondary N) is 2. The quantitative estimate of drug-likeness (QED) is 0.409. The predicted octanol–water partition coefficient (Wildman–Crippen LogP) is 2.26. The van der Waals surface area contributed by atoms with Gasteiger partial charge in [-0.3, -0.25) is 4.99 Å². The summed E-state index contributed by atoms with van der Waals surface area (Å²) in [4.78, 5) is 6.77. The Hall–Kier alpha value is -2.09. The van der Waals surface area contributed by atoms with Gasteiger partial charge in [0, 0.05) is 43.7 Å². The number of halogens is 1. The van der Waals surface area contributed by atoms with E-state index in [1.807, 2.05) is 11.6 Å². The van der Waals surface area contributed by atoms with E-state index in [1.54, 1.807) is 12.7 Å². The molecule has 1 saturated heterocycles. The molecule has 3 rings (SSSR count). The number of guanidine groups is 1. The van der Waals surface area contributed by atoms with Crippen molar-refractivity contribution in [3.63, 3.8) is 0 Å². The van der Waals surface area contributed by atoms with Gasteiger partial charge in [-0.05, 0) is 47.3 Å². The van der Waals surface area contributed by atoms with Gasteiger partial charge in [-0.1, -0.05) is 12.1 Å². The number of hydrogen-bond acceptors (Lipinski definition) is 4. The Labute approximate surface area is 163 Å². The fourth-order valence-electron chi connectivity index (χ4n) is 3.16. The summed E-state index contributed by atoms with van der Waals surface area (Å²) in [5.41, 5.74) is 1.26.